The smallest absolute Gasteiger partial charge is 0.257 e. The number of hydrogen-bond donors (Lipinski definition) is 1. The zero-order chi connectivity index (χ0) is 16.2. The molecule has 0 amide bonds. The largest absolute Gasteiger partial charge is 0.497 e. The van der Waals surface area contributed by atoms with Crippen molar-refractivity contribution in [2.24, 2.45) is 0 Å². The lowest BCUT2D eigenvalue weighted by Crippen LogP contribution is -2.31. The molecule has 2 unspecified atom stereocenters. The quantitative estimate of drug-likeness (QED) is 0.882. The second-order valence-corrected chi connectivity index (χ2v) is 6.10. The highest BCUT2D eigenvalue weighted by molar-refractivity contribution is 5.54. The van der Waals surface area contributed by atoms with Gasteiger partial charge in [-0.3, -0.25) is 4.90 Å². The first-order valence-electron chi connectivity index (χ1n) is 8.05. The van der Waals surface area contributed by atoms with Crippen molar-refractivity contribution in [3.63, 3.8) is 0 Å². The molecule has 0 saturated carbocycles. The normalized spacial score (nSPS) is 19.9. The Labute approximate surface area is 136 Å². The van der Waals surface area contributed by atoms with E-state index in [1.807, 2.05) is 31.2 Å². The molecule has 1 saturated heterocycles. The molecule has 1 N–H and O–H groups in total. The molecule has 1 fully saturated rings. The Morgan fingerprint density at radius 2 is 2.17 bits per heavy atom. The maximum Gasteiger partial charge on any atom is 0.257 e. The topological polar surface area (TPSA) is 71.6 Å². The van der Waals surface area contributed by atoms with Crippen molar-refractivity contribution in [1.82, 2.24) is 15.0 Å². The molecule has 0 spiro atoms. The minimum atomic E-state index is -0.277. The van der Waals surface area contributed by atoms with Crippen molar-refractivity contribution < 1.29 is 14.4 Å². The maximum atomic E-state index is 9.61. The molecule has 6 heteroatoms. The molecular weight excluding hydrogens is 294 g/mol. The molecule has 1 aliphatic rings. The van der Waals surface area contributed by atoms with Crippen LogP contribution < -0.4 is 4.74 Å². The fourth-order valence-electron chi connectivity index (χ4n) is 3.11. The van der Waals surface area contributed by atoms with E-state index >= 15 is 0 Å². The van der Waals surface area contributed by atoms with Gasteiger partial charge in [0.25, 0.3) is 5.89 Å². The standard InChI is InChI=1S/C17H23N3O3/c1-12(21)10-14-4-3-9-20(14)11-16-18-17(23-19-16)13-5-7-15(22-2)8-6-13/h5-8,12,14,21H,3-4,9-11H2,1-2H3. The number of aromatic nitrogens is 2. The van der Waals surface area contributed by atoms with Gasteiger partial charge < -0.3 is 14.4 Å². The Bertz CT molecular complexity index is 624. The molecule has 1 aromatic carbocycles. The fraction of sp³-hybridized carbons (Fsp3) is 0.529. The molecule has 0 bridgehead atoms. The van der Waals surface area contributed by atoms with E-state index in [-0.39, 0.29) is 6.10 Å². The maximum absolute atomic E-state index is 9.61. The van der Waals surface area contributed by atoms with E-state index in [0.29, 0.717) is 24.3 Å². The molecule has 2 heterocycles. The average molecular weight is 317 g/mol. The Balaban J connectivity index is 1.66. The summed E-state index contributed by atoms with van der Waals surface area (Å²) in [7, 11) is 1.64. The third kappa shape index (κ3) is 3.89. The molecule has 124 valence electrons. The molecular formula is C17H23N3O3. The summed E-state index contributed by atoms with van der Waals surface area (Å²) in [6, 6.07) is 7.96. The number of hydrogen-bond acceptors (Lipinski definition) is 6. The van der Waals surface area contributed by atoms with Crippen LogP contribution in [0, 0.1) is 0 Å². The van der Waals surface area contributed by atoms with Crippen molar-refractivity contribution in [3.05, 3.63) is 30.1 Å². The summed E-state index contributed by atoms with van der Waals surface area (Å²) in [5, 5.41) is 13.7. The van der Waals surface area contributed by atoms with Gasteiger partial charge in [0.2, 0.25) is 0 Å². The van der Waals surface area contributed by atoms with Crippen LogP contribution in [0.5, 0.6) is 5.75 Å². The van der Waals surface area contributed by atoms with Gasteiger partial charge in [0, 0.05) is 11.6 Å². The first-order valence-corrected chi connectivity index (χ1v) is 8.05. The highest BCUT2D eigenvalue weighted by Crippen LogP contribution is 2.24. The van der Waals surface area contributed by atoms with Gasteiger partial charge in [-0.1, -0.05) is 5.16 Å². The zero-order valence-corrected chi connectivity index (χ0v) is 13.6. The molecule has 3 rings (SSSR count). The highest BCUT2D eigenvalue weighted by Gasteiger charge is 2.27. The molecule has 0 radical (unpaired) electrons. The van der Waals surface area contributed by atoms with E-state index in [9.17, 15) is 5.11 Å². The van der Waals surface area contributed by atoms with Crippen LogP contribution in [-0.4, -0.2) is 45.9 Å². The molecule has 2 atom stereocenters. The molecule has 1 aromatic heterocycles. The minimum absolute atomic E-state index is 0.277. The third-order valence-electron chi connectivity index (χ3n) is 4.26. The van der Waals surface area contributed by atoms with Crippen LogP contribution in [0.3, 0.4) is 0 Å². The van der Waals surface area contributed by atoms with Crippen LogP contribution in [0.2, 0.25) is 0 Å². The monoisotopic (exact) mass is 317 g/mol. The summed E-state index contributed by atoms with van der Waals surface area (Å²) in [5.74, 6) is 2.01. The van der Waals surface area contributed by atoms with Crippen LogP contribution in [0.15, 0.2) is 28.8 Å². The predicted octanol–water partition coefficient (Wildman–Crippen LogP) is 2.48. The van der Waals surface area contributed by atoms with Crippen LogP contribution in [-0.2, 0) is 6.54 Å². The van der Waals surface area contributed by atoms with Crippen molar-refractivity contribution in [3.8, 4) is 17.2 Å². The molecule has 23 heavy (non-hydrogen) atoms. The molecule has 2 aromatic rings. The van der Waals surface area contributed by atoms with Crippen molar-refractivity contribution >= 4 is 0 Å². The van der Waals surface area contributed by atoms with Gasteiger partial charge in [0.1, 0.15) is 5.75 Å². The fourth-order valence-corrected chi connectivity index (χ4v) is 3.11. The number of likely N-dealkylation sites (tertiary alicyclic amines) is 1. The summed E-state index contributed by atoms with van der Waals surface area (Å²) >= 11 is 0. The number of aliphatic hydroxyl groups excluding tert-OH is 1. The summed E-state index contributed by atoms with van der Waals surface area (Å²) in [6.07, 6.45) is 2.79. The second-order valence-electron chi connectivity index (χ2n) is 6.10. The van der Waals surface area contributed by atoms with Gasteiger partial charge in [0.05, 0.1) is 19.8 Å². The first-order chi connectivity index (χ1) is 11.2. The number of nitrogens with zero attached hydrogens (tertiary/aromatic N) is 3. The Morgan fingerprint density at radius 1 is 1.39 bits per heavy atom. The summed E-state index contributed by atoms with van der Waals surface area (Å²) in [4.78, 5) is 6.82. The lowest BCUT2D eigenvalue weighted by Gasteiger charge is -2.23. The van der Waals surface area contributed by atoms with Crippen molar-refractivity contribution in [1.29, 1.82) is 0 Å². The SMILES string of the molecule is COc1ccc(-c2nc(CN3CCCC3CC(C)O)no2)cc1. The minimum Gasteiger partial charge on any atom is -0.497 e. The van der Waals surface area contributed by atoms with Gasteiger partial charge in [-0.05, 0) is 57.0 Å². The van der Waals surface area contributed by atoms with E-state index in [1.165, 1.54) is 0 Å². The lowest BCUT2D eigenvalue weighted by molar-refractivity contribution is 0.129. The summed E-state index contributed by atoms with van der Waals surface area (Å²) < 4.78 is 10.5. The van der Waals surface area contributed by atoms with Gasteiger partial charge in [-0.2, -0.15) is 4.98 Å². The van der Waals surface area contributed by atoms with Crippen molar-refractivity contribution in [2.75, 3.05) is 13.7 Å². The van der Waals surface area contributed by atoms with Crippen LogP contribution in [0.4, 0.5) is 0 Å². The van der Waals surface area contributed by atoms with Gasteiger partial charge in [-0.15, -0.1) is 0 Å². The lowest BCUT2D eigenvalue weighted by atomic mass is 10.1. The molecule has 0 aliphatic carbocycles. The summed E-state index contributed by atoms with van der Waals surface area (Å²) in [5.41, 5.74) is 0.881. The van der Waals surface area contributed by atoms with E-state index in [2.05, 4.69) is 15.0 Å². The zero-order valence-electron chi connectivity index (χ0n) is 13.6. The van der Waals surface area contributed by atoms with E-state index in [1.54, 1.807) is 7.11 Å². The predicted molar refractivity (Wildman–Crippen MR) is 86.0 cm³/mol. The third-order valence-corrected chi connectivity index (χ3v) is 4.26. The van der Waals surface area contributed by atoms with E-state index in [0.717, 1.165) is 37.1 Å². The first kappa shape index (κ1) is 16.0. The van der Waals surface area contributed by atoms with Gasteiger partial charge >= 0.3 is 0 Å². The number of rotatable bonds is 6. The van der Waals surface area contributed by atoms with E-state index in [4.69, 9.17) is 9.26 Å². The van der Waals surface area contributed by atoms with E-state index < -0.39 is 0 Å². The van der Waals surface area contributed by atoms with Gasteiger partial charge in [0.15, 0.2) is 5.82 Å². The average Bonchev–Trinajstić information content (AvgIpc) is 3.18. The van der Waals surface area contributed by atoms with Crippen LogP contribution in [0.25, 0.3) is 11.5 Å². The Morgan fingerprint density at radius 3 is 2.87 bits per heavy atom. The number of aliphatic hydroxyl groups is 1. The van der Waals surface area contributed by atoms with Crippen molar-refractivity contribution in [2.45, 2.75) is 44.9 Å². The molecule has 1 aliphatic heterocycles. The number of ether oxygens (including phenoxy) is 1. The number of benzene rings is 1. The van der Waals surface area contributed by atoms with Crippen LogP contribution in [0.1, 0.15) is 32.0 Å². The summed E-state index contributed by atoms with van der Waals surface area (Å²) in [6.45, 7) is 3.52. The Kier molecular flexibility index (Phi) is 4.93. The Hall–Kier alpha value is -1.92. The number of methoxy groups -OCH3 is 1. The molecule has 6 nitrogen and oxygen atoms in total. The van der Waals surface area contributed by atoms with Gasteiger partial charge in [-0.25, -0.2) is 0 Å². The second kappa shape index (κ2) is 7.10. The van der Waals surface area contributed by atoms with Crippen LogP contribution >= 0.6 is 0 Å². The highest BCUT2D eigenvalue weighted by atomic mass is 16.5.